The van der Waals surface area contributed by atoms with Crippen molar-refractivity contribution in [2.24, 2.45) is 10.8 Å². The van der Waals surface area contributed by atoms with E-state index in [1.165, 1.54) is 42.6 Å². The second-order valence-electron chi connectivity index (χ2n) is 10.6. The van der Waals surface area contributed by atoms with E-state index in [0.29, 0.717) is 26.2 Å². The topological polar surface area (TPSA) is 52.6 Å². The Hall–Kier alpha value is -2.00. The molecule has 1 N–H and O–H groups in total. The van der Waals surface area contributed by atoms with Crippen molar-refractivity contribution in [3.8, 4) is 0 Å². The van der Waals surface area contributed by atoms with Crippen LogP contribution in [0.1, 0.15) is 51.4 Å². The van der Waals surface area contributed by atoms with E-state index in [4.69, 9.17) is 14.2 Å². The average Bonchev–Trinajstić information content (AvgIpc) is 2.78. The van der Waals surface area contributed by atoms with Crippen LogP contribution in [0.3, 0.4) is 0 Å². The summed E-state index contributed by atoms with van der Waals surface area (Å²) in [5, 5.41) is 3.10. The lowest BCUT2D eigenvalue weighted by Crippen LogP contribution is -2.68. The summed E-state index contributed by atoms with van der Waals surface area (Å²) in [6, 6.07) is 7.18. The first-order valence-electron chi connectivity index (χ1n) is 11.2. The van der Waals surface area contributed by atoms with Crippen molar-refractivity contribution in [3.63, 3.8) is 0 Å². The fourth-order valence-electron chi connectivity index (χ4n) is 4.25. The van der Waals surface area contributed by atoms with Crippen LogP contribution >= 0.6 is 0 Å². The van der Waals surface area contributed by atoms with Gasteiger partial charge in [0, 0.05) is 11.6 Å². The van der Waals surface area contributed by atoms with Crippen LogP contribution in [0.2, 0.25) is 0 Å². The van der Waals surface area contributed by atoms with E-state index in [1.54, 1.807) is 6.07 Å². The minimum absolute atomic E-state index is 0.221. The fourth-order valence-corrected chi connectivity index (χ4v) is 4.25. The van der Waals surface area contributed by atoms with Gasteiger partial charge in [-0.3, -0.25) is 10.3 Å². The largest absolute Gasteiger partial charge is 0.325 e. The van der Waals surface area contributed by atoms with E-state index < -0.39 is 29.8 Å². The lowest BCUT2D eigenvalue weighted by Gasteiger charge is -2.54. The standard InChI is InChI=1S/C25H31F3N2O3/c1-22(2,3)13-20(25-31-14-23(4,15-32-25)16-33-25)30-21(17-8-10-18(26)11-9-17)24(27,28)19-7-5-6-12-29-19/h5-12,20-21,30H,13-16H2,1-4H3/t20-,21-,23?,25?/m0/s1. The van der Waals surface area contributed by atoms with Crippen LogP contribution in [0.4, 0.5) is 13.2 Å². The molecule has 3 aliphatic rings. The molecule has 2 atom stereocenters. The molecule has 4 heterocycles. The van der Waals surface area contributed by atoms with E-state index >= 15 is 8.78 Å². The number of pyridine rings is 1. The van der Waals surface area contributed by atoms with Gasteiger partial charge in [0.25, 0.3) is 5.97 Å². The zero-order valence-corrected chi connectivity index (χ0v) is 19.4. The number of aromatic nitrogens is 1. The molecule has 0 aliphatic carbocycles. The molecular formula is C25H31F3N2O3. The van der Waals surface area contributed by atoms with Gasteiger partial charge in [-0.05, 0) is 41.7 Å². The summed E-state index contributed by atoms with van der Waals surface area (Å²) in [5.41, 5.74) is -0.684. The zero-order chi connectivity index (χ0) is 23.9. The minimum Gasteiger partial charge on any atom is -0.325 e. The molecule has 3 saturated heterocycles. The van der Waals surface area contributed by atoms with Crippen molar-refractivity contribution >= 4 is 0 Å². The highest BCUT2D eigenvalue weighted by Crippen LogP contribution is 2.45. The van der Waals surface area contributed by atoms with Crippen LogP contribution in [0.25, 0.3) is 0 Å². The Morgan fingerprint density at radius 2 is 1.61 bits per heavy atom. The van der Waals surface area contributed by atoms with Crippen LogP contribution in [0, 0.1) is 16.6 Å². The molecule has 1 aromatic carbocycles. The first kappa shape index (κ1) is 24.1. The SMILES string of the molecule is CC(C)(C)C[C@H](N[C@@H](c1ccc(F)cc1)C(F)(F)c1ccccn1)C12OCC(C)(CO1)CO2. The van der Waals surface area contributed by atoms with Crippen LogP contribution < -0.4 is 5.32 Å². The van der Waals surface area contributed by atoms with Gasteiger partial charge in [-0.1, -0.05) is 45.9 Å². The number of hydrogen-bond acceptors (Lipinski definition) is 5. The maximum absolute atomic E-state index is 15.9. The van der Waals surface area contributed by atoms with Crippen molar-refractivity contribution in [1.29, 1.82) is 0 Å². The average molecular weight is 465 g/mol. The molecule has 2 aromatic rings. The summed E-state index contributed by atoms with van der Waals surface area (Å²) < 4.78 is 63.5. The fraction of sp³-hybridized carbons (Fsp3) is 0.560. The molecule has 33 heavy (non-hydrogen) atoms. The van der Waals surface area contributed by atoms with E-state index in [1.807, 2.05) is 27.7 Å². The second-order valence-corrected chi connectivity index (χ2v) is 10.6. The Kier molecular flexibility index (Phi) is 6.33. The number of ether oxygens (including phenoxy) is 3. The Labute approximate surface area is 192 Å². The number of benzene rings is 1. The van der Waals surface area contributed by atoms with Gasteiger partial charge in [-0.2, -0.15) is 8.78 Å². The molecule has 0 unspecified atom stereocenters. The van der Waals surface area contributed by atoms with Crippen molar-refractivity contribution < 1.29 is 27.4 Å². The molecule has 180 valence electrons. The van der Waals surface area contributed by atoms with Gasteiger partial charge in [0.2, 0.25) is 0 Å². The van der Waals surface area contributed by atoms with E-state index in [9.17, 15) is 4.39 Å². The third-order valence-corrected chi connectivity index (χ3v) is 6.05. The van der Waals surface area contributed by atoms with Crippen molar-refractivity contribution in [1.82, 2.24) is 10.3 Å². The van der Waals surface area contributed by atoms with E-state index in [-0.39, 0.29) is 22.1 Å². The Balaban J connectivity index is 1.74. The Morgan fingerprint density at radius 1 is 1.00 bits per heavy atom. The smallest absolute Gasteiger partial charge is 0.308 e. The summed E-state index contributed by atoms with van der Waals surface area (Å²) in [4.78, 5) is 3.91. The van der Waals surface area contributed by atoms with Crippen LogP contribution in [-0.2, 0) is 20.1 Å². The third kappa shape index (κ3) is 5.09. The summed E-state index contributed by atoms with van der Waals surface area (Å²) in [6.07, 6.45) is 1.76. The number of nitrogens with one attached hydrogen (secondary N) is 1. The summed E-state index contributed by atoms with van der Waals surface area (Å²) in [7, 11) is 0. The lowest BCUT2D eigenvalue weighted by molar-refractivity contribution is -0.476. The minimum atomic E-state index is -3.41. The monoisotopic (exact) mass is 464 g/mol. The van der Waals surface area contributed by atoms with Crippen LogP contribution in [0.5, 0.6) is 0 Å². The van der Waals surface area contributed by atoms with Crippen molar-refractivity contribution in [2.45, 2.75) is 58.1 Å². The molecule has 1 aromatic heterocycles. The molecular weight excluding hydrogens is 433 g/mol. The second kappa shape index (κ2) is 8.65. The van der Waals surface area contributed by atoms with Crippen LogP contribution in [0.15, 0.2) is 48.7 Å². The first-order valence-corrected chi connectivity index (χ1v) is 11.2. The zero-order valence-electron chi connectivity index (χ0n) is 19.4. The van der Waals surface area contributed by atoms with Gasteiger partial charge in [0.15, 0.2) is 0 Å². The summed E-state index contributed by atoms with van der Waals surface area (Å²) in [5.74, 6) is -5.40. The van der Waals surface area contributed by atoms with Gasteiger partial charge in [0.05, 0.1) is 25.9 Å². The number of fused-ring (bicyclic) bond motifs is 3. The van der Waals surface area contributed by atoms with Gasteiger partial charge in [0.1, 0.15) is 17.6 Å². The number of hydrogen-bond donors (Lipinski definition) is 1. The quantitative estimate of drug-likeness (QED) is 0.612. The Bertz CT molecular complexity index is 923. The maximum Gasteiger partial charge on any atom is 0.308 e. The molecule has 5 nitrogen and oxygen atoms in total. The number of halogens is 3. The summed E-state index contributed by atoms with van der Waals surface area (Å²) in [6.45, 7) is 9.26. The Morgan fingerprint density at radius 3 is 2.12 bits per heavy atom. The molecule has 8 heteroatoms. The van der Waals surface area contributed by atoms with Crippen LogP contribution in [-0.4, -0.2) is 36.8 Å². The molecule has 3 fully saturated rings. The molecule has 0 saturated carbocycles. The highest BCUT2D eigenvalue weighted by molar-refractivity contribution is 5.26. The summed E-state index contributed by atoms with van der Waals surface area (Å²) >= 11 is 0. The normalized spacial score (nSPS) is 27.4. The van der Waals surface area contributed by atoms with E-state index in [0.717, 1.165) is 0 Å². The predicted octanol–water partition coefficient (Wildman–Crippen LogP) is 5.19. The molecule has 0 spiro atoms. The van der Waals surface area contributed by atoms with Gasteiger partial charge < -0.3 is 14.2 Å². The number of alkyl halides is 2. The molecule has 0 radical (unpaired) electrons. The highest BCUT2D eigenvalue weighted by Gasteiger charge is 2.57. The molecule has 2 bridgehead atoms. The molecule has 3 aliphatic heterocycles. The maximum atomic E-state index is 15.9. The number of nitrogens with zero attached hydrogens (tertiary/aromatic N) is 1. The molecule has 0 amide bonds. The molecule has 5 rings (SSSR count). The first-order chi connectivity index (χ1) is 15.4. The van der Waals surface area contributed by atoms with Crippen molar-refractivity contribution in [3.05, 3.63) is 65.7 Å². The van der Waals surface area contributed by atoms with E-state index in [2.05, 4.69) is 10.3 Å². The van der Waals surface area contributed by atoms with Gasteiger partial charge >= 0.3 is 5.92 Å². The lowest BCUT2D eigenvalue weighted by atomic mass is 9.84. The van der Waals surface area contributed by atoms with Gasteiger partial charge in [-0.25, -0.2) is 4.39 Å². The number of rotatable bonds is 7. The highest BCUT2D eigenvalue weighted by atomic mass is 19.3. The van der Waals surface area contributed by atoms with Crippen molar-refractivity contribution in [2.75, 3.05) is 19.8 Å². The third-order valence-electron chi connectivity index (χ3n) is 6.05. The predicted molar refractivity (Wildman–Crippen MR) is 117 cm³/mol. The van der Waals surface area contributed by atoms with Gasteiger partial charge in [-0.15, -0.1) is 0 Å².